The Hall–Kier alpha value is -2.33. The van der Waals surface area contributed by atoms with Crippen molar-refractivity contribution in [3.05, 3.63) is 46.9 Å². The van der Waals surface area contributed by atoms with Gasteiger partial charge in [-0.1, -0.05) is 34.1 Å². The minimum atomic E-state index is -8.29. The van der Waals surface area contributed by atoms with Crippen LogP contribution in [0.4, 0.5) is 65.9 Å². The molecule has 1 heterocycles. The Labute approximate surface area is 210 Å². The lowest BCUT2D eigenvalue weighted by atomic mass is 9.90. The van der Waals surface area contributed by atoms with E-state index >= 15 is 0 Å². The number of benzene rings is 2. The smallest absolute Gasteiger partial charge is 0.340 e. The summed E-state index contributed by atoms with van der Waals surface area (Å²) in [7, 11) is 0. The third-order valence-electron chi connectivity index (χ3n) is 5.78. The fourth-order valence-corrected chi connectivity index (χ4v) is 4.04. The topological polar surface area (TPSA) is 4.93 Å². The van der Waals surface area contributed by atoms with E-state index in [0.717, 1.165) is 4.57 Å². The van der Waals surface area contributed by atoms with E-state index in [0.29, 0.717) is 15.2 Å². The first kappa shape index (κ1) is 30.2. The normalized spacial score (nSPS) is 15.1. The Morgan fingerprint density at radius 2 is 1.03 bits per heavy atom. The monoisotopic (exact) mass is 641 g/mol. The molecule has 0 aliphatic heterocycles. The van der Waals surface area contributed by atoms with E-state index < -0.39 is 54.7 Å². The minimum Gasteiger partial charge on any atom is -0.340 e. The molecule has 17 heteroatoms. The number of hydrogen-bond donors (Lipinski definition) is 0. The van der Waals surface area contributed by atoms with E-state index in [2.05, 4.69) is 15.9 Å². The van der Waals surface area contributed by atoms with E-state index in [1.54, 1.807) is 0 Å². The zero-order valence-electron chi connectivity index (χ0n) is 18.0. The molecule has 1 nitrogen and oxygen atoms in total. The van der Waals surface area contributed by atoms with Crippen molar-refractivity contribution in [1.29, 1.82) is 0 Å². The number of rotatable bonds is 8. The summed E-state index contributed by atoms with van der Waals surface area (Å²) in [5, 5.41) is 0.695. The molecule has 0 amide bonds. The Balaban J connectivity index is 2.03. The fraction of sp³-hybridized carbons (Fsp3) is 0.429. The van der Waals surface area contributed by atoms with Gasteiger partial charge in [0.15, 0.2) is 0 Å². The van der Waals surface area contributed by atoms with Gasteiger partial charge >= 0.3 is 41.7 Å². The molecule has 38 heavy (non-hydrogen) atoms. The molecule has 212 valence electrons. The van der Waals surface area contributed by atoms with Crippen molar-refractivity contribution in [1.82, 2.24) is 4.57 Å². The van der Waals surface area contributed by atoms with E-state index in [9.17, 15) is 65.9 Å². The molecule has 0 saturated heterocycles. The molecule has 0 aliphatic carbocycles. The molecule has 2 aromatic carbocycles. The zero-order chi connectivity index (χ0) is 29.3. The summed E-state index contributed by atoms with van der Waals surface area (Å²) in [4.78, 5) is 0. The Kier molecular flexibility index (Phi) is 7.03. The first-order chi connectivity index (χ1) is 17.0. The molecule has 3 rings (SSSR count). The van der Waals surface area contributed by atoms with Crippen LogP contribution in [0.3, 0.4) is 0 Å². The summed E-state index contributed by atoms with van der Waals surface area (Å²) < 4.78 is 203. The van der Waals surface area contributed by atoms with Crippen molar-refractivity contribution >= 4 is 37.7 Å². The van der Waals surface area contributed by atoms with Crippen LogP contribution >= 0.6 is 15.9 Å². The highest BCUT2D eigenvalue weighted by atomic mass is 79.9. The largest absolute Gasteiger partial charge is 0.460 e. The van der Waals surface area contributed by atoms with Gasteiger partial charge in [0.05, 0.1) is 0 Å². The molecular formula is C21H11BrF15N. The Morgan fingerprint density at radius 3 is 1.58 bits per heavy atom. The van der Waals surface area contributed by atoms with E-state index in [1.165, 1.54) is 42.5 Å². The Bertz CT molecular complexity index is 1340. The minimum absolute atomic E-state index is 0.0713. The van der Waals surface area contributed by atoms with Crippen LogP contribution in [0.25, 0.3) is 21.8 Å². The SMILES string of the molecule is FC(F)(F)C(F)(F)C(F)(F)C(F)(F)C(F)(F)C(F)(F)C(F)(F)CCn1c2ccccc2c2cc(Br)ccc21. The Morgan fingerprint density at radius 1 is 0.553 bits per heavy atom. The van der Waals surface area contributed by atoms with Crippen molar-refractivity contribution in [2.24, 2.45) is 0 Å². The molecule has 0 unspecified atom stereocenters. The average Bonchev–Trinajstić information content (AvgIpc) is 3.09. The third kappa shape index (κ3) is 4.10. The number of alkyl halides is 15. The van der Waals surface area contributed by atoms with Crippen molar-refractivity contribution in [2.75, 3.05) is 0 Å². The van der Waals surface area contributed by atoms with Crippen molar-refractivity contribution in [3.8, 4) is 0 Å². The van der Waals surface area contributed by atoms with E-state index in [1.807, 2.05) is 0 Å². The van der Waals surface area contributed by atoms with Crippen LogP contribution in [-0.2, 0) is 6.54 Å². The summed E-state index contributed by atoms with van der Waals surface area (Å²) >= 11 is 3.14. The van der Waals surface area contributed by atoms with Crippen LogP contribution in [0.5, 0.6) is 0 Å². The standard InChI is InChI=1S/C21H11BrF15N/c22-10-5-6-14-12(9-10)11-3-1-2-4-13(11)38(14)8-7-15(23,24)16(25,26)17(27,28)18(29,30)19(31,32)20(33,34)21(35,36)37/h1-6,9H,7-8H2. The van der Waals surface area contributed by atoms with Gasteiger partial charge in [0.1, 0.15) is 0 Å². The lowest BCUT2D eigenvalue weighted by Gasteiger charge is -2.41. The summed E-state index contributed by atoms with van der Waals surface area (Å²) in [6, 6.07) is 9.76. The average molecular weight is 642 g/mol. The van der Waals surface area contributed by atoms with Crippen LogP contribution in [0.15, 0.2) is 46.9 Å². The van der Waals surface area contributed by atoms with Crippen molar-refractivity contribution < 1.29 is 65.9 Å². The summed E-state index contributed by atoms with van der Waals surface area (Å²) in [5.74, 6) is -46.4. The van der Waals surface area contributed by atoms with Gasteiger partial charge in [0.25, 0.3) is 0 Å². The fourth-order valence-electron chi connectivity index (χ4n) is 3.68. The number of hydrogen-bond acceptors (Lipinski definition) is 0. The van der Waals surface area contributed by atoms with Crippen LogP contribution in [0, 0.1) is 0 Å². The third-order valence-corrected chi connectivity index (χ3v) is 6.27. The molecular weight excluding hydrogens is 631 g/mol. The molecule has 0 saturated carbocycles. The lowest BCUT2D eigenvalue weighted by molar-refractivity contribution is -0.452. The molecule has 0 atom stereocenters. The number of aromatic nitrogens is 1. The second-order valence-corrected chi connectivity index (χ2v) is 9.07. The molecule has 0 aliphatic rings. The van der Waals surface area contributed by atoms with Gasteiger partial charge in [-0.3, -0.25) is 0 Å². The highest BCUT2D eigenvalue weighted by molar-refractivity contribution is 9.10. The molecule has 3 aromatic rings. The molecule has 0 N–H and O–H groups in total. The number of nitrogens with zero attached hydrogens (tertiary/aromatic N) is 1. The number of aryl methyl sites for hydroxylation is 1. The number of halogens is 16. The predicted molar refractivity (Wildman–Crippen MR) is 107 cm³/mol. The van der Waals surface area contributed by atoms with Gasteiger partial charge in [0.2, 0.25) is 0 Å². The molecule has 0 spiro atoms. The quantitative estimate of drug-likeness (QED) is 0.216. The second kappa shape index (κ2) is 8.84. The van der Waals surface area contributed by atoms with Gasteiger partial charge in [-0.15, -0.1) is 0 Å². The van der Waals surface area contributed by atoms with Crippen LogP contribution < -0.4 is 0 Å². The van der Waals surface area contributed by atoms with E-state index in [4.69, 9.17) is 0 Å². The molecule has 0 radical (unpaired) electrons. The van der Waals surface area contributed by atoms with Crippen LogP contribution in [0.2, 0.25) is 0 Å². The first-order valence-corrected chi connectivity index (χ1v) is 10.7. The second-order valence-electron chi connectivity index (χ2n) is 8.15. The number of para-hydroxylation sites is 1. The maximum absolute atomic E-state index is 14.4. The van der Waals surface area contributed by atoms with Gasteiger partial charge in [-0.05, 0) is 24.3 Å². The van der Waals surface area contributed by atoms with Crippen LogP contribution in [-0.4, -0.2) is 46.3 Å². The summed E-state index contributed by atoms with van der Waals surface area (Å²) in [6.07, 6.45) is -10.1. The van der Waals surface area contributed by atoms with E-state index in [-0.39, 0.29) is 11.0 Å². The summed E-state index contributed by atoms with van der Waals surface area (Å²) in [5.41, 5.74) is 0.148. The molecule has 1 aromatic heterocycles. The highest BCUT2D eigenvalue weighted by Crippen LogP contribution is 2.62. The molecule has 0 fully saturated rings. The maximum atomic E-state index is 14.4. The molecule has 0 bridgehead atoms. The zero-order valence-corrected chi connectivity index (χ0v) is 19.5. The van der Waals surface area contributed by atoms with Gasteiger partial charge in [0, 0.05) is 39.2 Å². The van der Waals surface area contributed by atoms with Crippen LogP contribution in [0.1, 0.15) is 6.42 Å². The highest BCUT2D eigenvalue weighted by Gasteiger charge is 2.93. The number of fused-ring (bicyclic) bond motifs is 3. The van der Waals surface area contributed by atoms with Gasteiger partial charge in [-0.25, -0.2) is 0 Å². The predicted octanol–water partition coefficient (Wildman–Crippen LogP) is 9.32. The lowest BCUT2D eigenvalue weighted by Crippen LogP contribution is -2.72. The first-order valence-electron chi connectivity index (χ1n) is 9.96. The summed E-state index contributed by atoms with van der Waals surface area (Å²) in [6.45, 7) is -1.31. The maximum Gasteiger partial charge on any atom is 0.460 e. The van der Waals surface area contributed by atoms with Gasteiger partial charge < -0.3 is 4.57 Å². The van der Waals surface area contributed by atoms with Crippen molar-refractivity contribution in [2.45, 2.75) is 54.7 Å². The van der Waals surface area contributed by atoms with Gasteiger partial charge in [-0.2, -0.15) is 65.9 Å². The van der Waals surface area contributed by atoms with Crippen molar-refractivity contribution in [3.63, 3.8) is 0 Å².